The number of carbonyl (C=O) groups excluding carboxylic acids is 1. The van der Waals surface area contributed by atoms with Crippen LogP contribution in [0.2, 0.25) is 0 Å². The van der Waals surface area contributed by atoms with E-state index in [1.54, 1.807) is 7.05 Å². The van der Waals surface area contributed by atoms with Gasteiger partial charge >= 0.3 is 0 Å². The molecule has 0 saturated carbocycles. The van der Waals surface area contributed by atoms with E-state index in [0.29, 0.717) is 5.82 Å². The molecule has 0 aliphatic carbocycles. The zero-order chi connectivity index (χ0) is 7.28. The van der Waals surface area contributed by atoms with Crippen LogP contribution in [0.15, 0.2) is 12.0 Å². The Balaban J connectivity index is 3.71. The van der Waals surface area contributed by atoms with E-state index in [1.807, 2.05) is 0 Å². The van der Waals surface area contributed by atoms with Crippen molar-refractivity contribution in [1.29, 1.82) is 0 Å². The minimum Gasteiger partial charge on any atom is -0.402 e. The Labute approximate surface area is 54.1 Å². The van der Waals surface area contributed by atoms with Crippen LogP contribution >= 0.6 is 0 Å². The molecule has 0 aliphatic rings. The van der Waals surface area contributed by atoms with Crippen LogP contribution < -0.4 is 16.4 Å². The van der Waals surface area contributed by atoms with Crippen LogP contribution in [0.5, 0.6) is 0 Å². The number of rotatable bonds is 2. The summed E-state index contributed by atoms with van der Waals surface area (Å²) in [6.45, 7) is 1.42. The van der Waals surface area contributed by atoms with E-state index in [1.165, 1.54) is 13.1 Å². The van der Waals surface area contributed by atoms with Crippen LogP contribution in [-0.2, 0) is 4.79 Å². The number of amides is 1. The van der Waals surface area contributed by atoms with Gasteiger partial charge in [-0.3, -0.25) is 4.79 Å². The lowest BCUT2D eigenvalue weighted by Gasteiger charge is -2.03. The lowest BCUT2D eigenvalue weighted by molar-refractivity contribution is -0.118. The van der Waals surface area contributed by atoms with E-state index in [2.05, 4.69) is 10.6 Å². The maximum absolute atomic E-state index is 10.3. The van der Waals surface area contributed by atoms with Crippen molar-refractivity contribution < 1.29 is 4.79 Å². The van der Waals surface area contributed by atoms with Gasteiger partial charge in [-0.15, -0.1) is 0 Å². The van der Waals surface area contributed by atoms with Gasteiger partial charge in [0.1, 0.15) is 5.82 Å². The Kier molecular flexibility index (Phi) is 3.27. The summed E-state index contributed by atoms with van der Waals surface area (Å²) >= 11 is 0. The van der Waals surface area contributed by atoms with E-state index in [4.69, 9.17) is 5.73 Å². The third-order valence-corrected chi connectivity index (χ3v) is 0.747. The molecule has 0 unspecified atom stereocenters. The summed E-state index contributed by atoms with van der Waals surface area (Å²) in [5, 5.41) is 5.15. The first-order valence-electron chi connectivity index (χ1n) is 2.58. The fraction of sp³-hybridized carbons (Fsp3) is 0.400. The number of nitrogens with two attached hydrogens (primary N) is 1. The van der Waals surface area contributed by atoms with Gasteiger partial charge in [0.25, 0.3) is 0 Å². The van der Waals surface area contributed by atoms with Crippen molar-refractivity contribution in [3.8, 4) is 0 Å². The second kappa shape index (κ2) is 3.77. The lowest BCUT2D eigenvalue weighted by Crippen LogP contribution is -2.28. The summed E-state index contributed by atoms with van der Waals surface area (Å²) in [5.74, 6) is 0.378. The van der Waals surface area contributed by atoms with E-state index < -0.39 is 0 Å². The van der Waals surface area contributed by atoms with Crippen molar-refractivity contribution in [3.63, 3.8) is 0 Å². The first-order chi connectivity index (χ1) is 4.20. The van der Waals surface area contributed by atoms with Crippen molar-refractivity contribution in [1.82, 2.24) is 10.6 Å². The summed E-state index contributed by atoms with van der Waals surface area (Å²) in [6, 6.07) is 0. The fourth-order valence-electron chi connectivity index (χ4n) is 0.377. The van der Waals surface area contributed by atoms with E-state index in [-0.39, 0.29) is 5.91 Å². The molecule has 0 bridgehead atoms. The maximum Gasteiger partial charge on any atom is 0.222 e. The van der Waals surface area contributed by atoms with E-state index in [9.17, 15) is 4.79 Å². The van der Waals surface area contributed by atoms with Crippen LogP contribution in [0.4, 0.5) is 0 Å². The predicted molar refractivity (Wildman–Crippen MR) is 35.1 cm³/mol. The minimum absolute atomic E-state index is 0.138. The zero-order valence-electron chi connectivity index (χ0n) is 5.56. The maximum atomic E-state index is 10.3. The number of nitrogens with one attached hydrogen (secondary N) is 2. The second-order valence-corrected chi connectivity index (χ2v) is 1.51. The van der Waals surface area contributed by atoms with Crippen LogP contribution in [0.1, 0.15) is 6.92 Å². The Morgan fingerprint density at radius 1 is 1.67 bits per heavy atom. The SMILES string of the molecule is CN/C(=C\N)NC(C)=O. The molecular weight excluding hydrogens is 118 g/mol. The van der Waals surface area contributed by atoms with Crippen molar-refractivity contribution in [2.75, 3.05) is 7.05 Å². The molecule has 0 aromatic heterocycles. The average Bonchev–Trinajstić information content (AvgIpc) is 1.82. The molecule has 0 aromatic carbocycles. The molecular formula is C5H11N3O. The Morgan fingerprint density at radius 3 is 2.33 bits per heavy atom. The smallest absolute Gasteiger partial charge is 0.222 e. The molecule has 4 heteroatoms. The van der Waals surface area contributed by atoms with Crippen LogP contribution in [0.25, 0.3) is 0 Å². The number of carbonyl (C=O) groups is 1. The van der Waals surface area contributed by atoms with Crippen molar-refractivity contribution >= 4 is 5.91 Å². The topological polar surface area (TPSA) is 67.2 Å². The third-order valence-electron chi connectivity index (χ3n) is 0.747. The largest absolute Gasteiger partial charge is 0.402 e. The molecule has 4 N–H and O–H groups in total. The highest BCUT2D eigenvalue weighted by atomic mass is 16.1. The van der Waals surface area contributed by atoms with Gasteiger partial charge in [0.15, 0.2) is 0 Å². The van der Waals surface area contributed by atoms with Crippen LogP contribution in [0, 0.1) is 0 Å². The summed E-state index contributed by atoms with van der Waals surface area (Å²) in [7, 11) is 1.68. The van der Waals surface area contributed by atoms with Crippen LogP contribution in [0.3, 0.4) is 0 Å². The molecule has 0 aromatic rings. The quantitative estimate of drug-likeness (QED) is 0.452. The summed E-state index contributed by atoms with van der Waals surface area (Å²) in [4.78, 5) is 10.3. The van der Waals surface area contributed by atoms with Gasteiger partial charge in [-0.2, -0.15) is 0 Å². The summed E-state index contributed by atoms with van der Waals surface area (Å²) in [5.41, 5.74) is 5.09. The molecule has 0 saturated heterocycles. The van der Waals surface area contributed by atoms with Gasteiger partial charge in [-0.25, -0.2) is 0 Å². The molecule has 0 fully saturated rings. The van der Waals surface area contributed by atoms with E-state index in [0.717, 1.165) is 0 Å². The third kappa shape index (κ3) is 3.40. The summed E-state index contributed by atoms with van der Waals surface area (Å²) < 4.78 is 0. The fourth-order valence-corrected chi connectivity index (χ4v) is 0.377. The average molecular weight is 129 g/mol. The molecule has 0 rings (SSSR count). The first kappa shape index (κ1) is 7.81. The standard InChI is InChI=1S/C5H11N3O/c1-4(9)8-5(3-6)7-2/h3,7H,6H2,1-2H3,(H,8,9)/b5-3+. The molecule has 0 atom stereocenters. The molecule has 1 amide bonds. The highest BCUT2D eigenvalue weighted by molar-refractivity contribution is 5.74. The molecule has 0 aliphatic heterocycles. The highest BCUT2D eigenvalue weighted by Gasteiger charge is 1.91. The van der Waals surface area contributed by atoms with Gasteiger partial charge in [0.05, 0.1) is 0 Å². The highest BCUT2D eigenvalue weighted by Crippen LogP contribution is 1.74. The predicted octanol–water partition coefficient (Wildman–Crippen LogP) is -0.901. The first-order valence-corrected chi connectivity index (χ1v) is 2.58. The van der Waals surface area contributed by atoms with Crippen molar-refractivity contribution in [3.05, 3.63) is 12.0 Å². The Bertz CT molecular complexity index is 130. The monoisotopic (exact) mass is 129 g/mol. The number of hydrogen-bond donors (Lipinski definition) is 3. The van der Waals surface area contributed by atoms with Gasteiger partial charge in [-0.05, 0) is 0 Å². The van der Waals surface area contributed by atoms with Crippen molar-refractivity contribution in [2.24, 2.45) is 5.73 Å². The van der Waals surface area contributed by atoms with Gasteiger partial charge in [0.2, 0.25) is 5.91 Å². The molecule has 4 nitrogen and oxygen atoms in total. The Morgan fingerprint density at radius 2 is 2.22 bits per heavy atom. The van der Waals surface area contributed by atoms with Gasteiger partial charge in [0, 0.05) is 20.2 Å². The minimum atomic E-state index is -0.138. The second-order valence-electron chi connectivity index (χ2n) is 1.51. The summed E-state index contributed by atoms with van der Waals surface area (Å²) in [6.07, 6.45) is 1.29. The molecule has 0 radical (unpaired) electrons. The van der Waals surface area contributed by atoms with E-state index >= 15 is 0 Å². The van der Waals surface area contributed by atoms with Gasteiger partial charge < -0.3 is 16.4 Å². The normalized spacial score (nSPS) is 10.7. The molecule has 0 heterocycles. The molecule has 0 spiro atoms. The molecule has 9 heavy (non-hydrogen) atoms. The lowest BCUT2D eigenvalue weighted by atomic mass is 10.6. The molecule has 52 valence electrons. The number of hydrogen-bond acceptors (Lipinski definition) is 3. The van der Waals surface area contributed by atoms with Crippen molar-refractivity contribution in [2.45, 2.75) is 6.92 Å². The van der Waals surface area contributed by atoms with Crippen LogP contribution in [-0.4, -0.2) is 13.0 Å². The zero-order valence-corrected chi connectivity index (χ0v) is 5.56. The van der Waals surface area contributed by atoms with Gasteiger partial charge in [-0.1, -0.05) is 0 Å². The Hall–Kier alpha value is -1.19.